The third-order valence-electron chi connectivity index (χ3n) is 1.84. The molecule has 0 amide bonds. The van der Waals surface area contributed by atoms with E-state index in [1.165, 1.54) is 12.8 Å². The lowest BCUT2D eigenvalue weighted by atomic mass is 9.82. The molecule has 2 nitrogen and oxygen atoms in total. The van der Waals surface area contributed by atoms with Gasteiger partial charge in [-0.05, 0) is 18.8 Å². The van der Waals surface area contributed by atoms with Gasteiger partial charge in [-0.3, -0.25) is 0 Å². The van der Waals surface area contributed by atoms with Gasteiger partial charge < -0.3 is 5.32 Å². The van der Waals surface area contributed by atoms with Crippen molar-refractivity contribution < 1.29 is 0 Å². The first-order valence-electron chi connectivity index (χ1n) is 4.43. The van der Waals surface area contributed by atoms with Crippen molar-refractivity contribution in [2.24, 2.45) is 5.92 Å². The highest BCUT2D eigenvalue weighted by molar-refractivity contribution is 4.85. The smallest absolute Gasteiger partial charge is 0.0843 e. The van der Waals surface area contributed by atoms with Crippen molar-refractivity contribution in [1.29, 1.82) is 5.26 Å². The lowest BCUT2D eigenvalue weighted by molar-refractivity contribution is 0.249. The molecule has 1 rings (SSSR count). The van der Waals surface area contributed by atoms with Gasteiger partial charge in [0.2, 0.25) is 0 Å². The number of rotatable bonds is 2. The van der Waals surface area contributed by atoms with Gasteiger partial charge in [0, 0.05) is 6.04 Å². The fraction of sp³-hybridized carbons (Fsp3) is 0.889. The van der Waals surface area contributed by atoms with Gasteiger partial charge >= 0.3 is 0 Å². The molecule has 0 atom stereocenters. The zero-order valence-corrected chi connectivity index (χ0v) is 7.72. The van der Waals surface area contributed by atoms with Crippen molar-refractivity contribution in [3.63, 3.8) is 0 Å². The molecule has 0 saturated heterocycles. The summed E-state index contributed by atoms with van der Waals surface area (Å²) in [6, 6.07) is 2.71. The van der Waals surface area contributed by atoms with Crippen LogP contribution in [0.25, 0.3) is 0 Å². The summed E-state index contributed by atoms with van der Waals surface area (Å²) in [5.74, 6) is 0.876. The minimum Gasteiger partial charge on any atom is -0.302 e. The lowest BCUT2D eigenvalue weighted by Crippen LogP contribution is -2.40. The topological polar surface area (TPSA) is 35.8 Å². The number of nitrogens with zero attached hydrogens (tertiary/aromatic N) is 1. The largest absolute Gasteiger partial charge is 0.302 e. The fourth-order valence-electron chi connectivity index (χ4n) is 1.26. The highest BCUT2D eigenvalue weighted by Crippen LogP contribution is 2.25. The molecular weight excluding hydrogens is 136 g/mol. The van der Waals surface area contributed by atoms with E-state index in [0.29, 0.717) is 12.6 Å². The van der Waals surface area contributed by atoms with Crippen molar-refractivity contribution in [2.75, 3.05) is 6.54 Å². The van der Waals surface area contributed by atoms with Crippen LogP contribution in [0.5, 0.6) is 0 Å². The van der Waals surface area contributed by atoms with Crippen LogP contribution < -0.4 is 5.32 Å². The van der Waals surface area contributed by atoms with Crippen molar-refractivity contribution in [1.82, 2.24) is 5.32 Å². The van der Waals surface area contributed by atoms with Crippen LogP contribution >= 0.6 is 0 Å². The second-order valence-corrected chi connectivity index (χ2v) is 2.81. The SMILES string of the molecule is CC.CC1CC(NCC#N)C1. The summed E-state index contributed by atoms with van der Waals surface area (Å²) in [5, 5.41) is 11.3. The highest BCUT2D eigenvalue weighted by atomic mass is 14.9. The number of nitrogens with one attached hydrogen (secondary N) is 1. The Morgan fingerprint density at radius 2 is 2.00 bits per heavy atom. The van der Waals surface area contributed by atoms with Gasteiger partial charge in [0.1, 0.15) is 0 Å². The first kappa shape index (κ1) is 10.4. The van der Waals surface area contributed by atoms with Crippen LogP contribution in [0.3, 0.4) is 0 Å². The third-order valence-corrected chi connectivity index (χ3v) is 1.84. The molecule has 0 aromatic rings. The second kappa shape index (κ2) is 6.18. The fourth-order valence-corrected chi connectivity index (χ4v) is 1.26. The highest BCUT2D eigenvalue weighted by Gasteiger charge is 2.23. The Balaban J connectivity index is 0.000000461. The van der Waals surface area contributed by atoms with Crippen LogP contribution in [0.4, 0.5) is 0 Å². The van der Waals surface area contributed by atoms with E-state index in [0.717, 1.165) is 5.92 Å². The van der Waals surface area contributed by atoms with Crippen molar-refractivity contribution in [3.05, 3.63) is 0 Å². The Bertz CT molecular complexity index is 120. The van der Waals surface area contributed by atoms with E-state index in [1.54, 1.807) is 0 Å². The molecule has 1 aliphatic rings. The molecule has 1 N–H and O–H groups in total. The van der Waals surface area contributed by atoms with Crippen LogP contribution in [-0.4, -0.2) is 12.6 Å². The molecular formula is C9H18N2. The van der Waals surface area contributed by atoms with Crippen molar-refractivity contribution in [2.45, 2.75) is 39.7 Å². The van der Waals surface area contributed by atoms with Crippen LogP contribution in [0.15, 0.2) is 0 Å². The predicted octanol–water partition coefficient (Wildman–Crippen LogP) is 1.92. The van der Waals surface area contributed by atoms with E-state index >= 15 is 0 Å². The maximum atomic E-state index is 8.19. The molecule has 11 heavy (non-hydrogen) atoms. The Labute approximate surface area is 69.6 Å². The van der Waals surface area contributed by atoms with E-state index in [9.17, 15) is 0 Å². The first-order valence-corrected chi connectivity index (χ1v) is 4.43. The predicted molar refractivity (Wildman–Crippen MR) is 47.1 cm³/mol. The summed E-state index contributed by atoms with van der Waals surface area (Å²) in [5.41, 5.74) is 0. The molecule has 0 aromatic carbocycles. The summed E-state index contributed by atoms with van der Waals surface area (Å²) in [4.78, 5) is 0. The zero-order valence-electron chi connectivity index (χ0n) is 7.72. The molecule has 0 aromatic heterocycles. The van der Waals surface area contributed by atoms with E-state index in [4.69, 9.17) is 5.26 Å². The summed E-state index contributed by atoms with van der Waals surface area (Å²) >= 11 is 0. The summed E-state index contributed by atoms with van der Waals surface area (Å²) < 4.78 is 0. The quantitative estimate of drug-likeness (QED) is 0.617. The number of hydrogen-bond acceptors (Lipinski definition) is 2. The number of nitriles is 1. The normalized spacial score (nSPS) is 27.5. The van der Waals surface area contributed by atoms with Gasteiger partial charge in [0.15, 0.2) is 0 Å². The van der Waals surface area contributed by atoms with Crippen molar-refractivity contribution >= 4 is 0 Å². The van der Waals surface area contributed by atoms with Gasteiger partial charge in [-0.25, -0.2) is 0 Å². The van der Waals surface area contributed by atoms with Crippen LogP contribution in [0.2, 0.25) is 0 Å². The number of hydrogen-bond donors (Lipinski definition) is 1. The maximum absolute atomic E-state index is 8.19. The summed E-state index contributed by atoms with van der Waals surface area (Å²) in [7, 11) is 0. The van der Waals surface area contributed by atoms with Crippen molar-refractivity contribution in [3.8, 4) is 6.07 Å². The Morgan fingerprint density at radius 1 is 1.45 bits per heavy atom. The van der Waals surface area contributed by atoms with Gasteiger partial charge in [-0.1, -0.05) is 20.8 Å². The van der Waals surface area contributed by atoms with Crippen LogP contribution in [0, 0.1) is 17.2 Å². The van der Waals surface area contributed by atoms with Gasteiger partial charge in [-0.2, -0.15) is 5.26 Å². The Hall–Kier alpha value is -0.550. The minimum atomic E-state index is 0.511. The van der Waals surface area contributed by atoms with E-state index in [2.05, 4.69) is 18.3 Å². The van der Waals surface area contributed by atoms with Crippen LogP contribution in [0.1, 0.15) is 33.6 Å². The van der Waals surface area contributed by atoms with E-state index in [1.807, 2.05) is 13.8 Å². The zero-order chi connectivity index (χ0) is 8.69. The molecule has 0 aliphatic heterocycles. The van der Waals surface area contributed by atoms with Gasteiger partial charge in [0.25, 0.3) is 0 Å². The average molecular weight is 154 g/mol. The van der Waals surface area contributed by atoms with E-state index < -0.39 is 0 Å². The Morgan fingerprint density at radius 3 is 2.36 bits per heavy atom. The minimum absolute atomic E-state index is 0.511. The summed E-state index contributed by atoms with van der Waals surface area (Å²) in [6.07, 6.45) is 2.50. The monoisotopic (exact) mass is 154 g/mol. The van der Waals surface area contributed by atoms with Gasteiger partial charge in [-0.15, -0.1) is 0 Å². The van der Waals surface area contributed by atoms with Gasteiger partial charge in [0.05, 0.1) is 12.6 Å². The molecule has 1 saturated carbocycles. The third kappa shape index (κ3) is 4.00. The molecule has 2 heteroatoms. The molecule has 0 unspecified atom stereocenters. The molecule has 1 fully saturated rings. The molecule has 0 spiro atoms. The van der Waals surface area contributed by atoms with Crippen LogP contribution in [-0.2, 0) is 0 Å². The Kier molecular flexibility index (Phi) is 5.87. The second-order valence-electron chi connectivity index (χ2n) is 2.81. The molecule has 64 valence electrons. The standard InChI is InChI=1S/C7H12N2.C2H6/c1-6-4-7(5-6)9-3-2-8;1-2/h6-7,9H,3-5H2,1H3;1-2H3. The molecule has 0 radical (unpaired) electrons. The average Bonchev–Trinajstić information content (AvgIpc) is 2.00. The first-order chi connectivity index (χ1) is 5.33. The summed E-state index contributed by atoms with van der Waals surface area (Å²) in [6.45, 7) is 6.75. The maximum Gasteiger partial charge on any atom is 0.0843 e. The molecule has 0 bridgehead atoms. The van der Waals surface area contributed by atoms with E-state index in [-0.39, 0.29) is 0 Å². The lowest BCUT2D eigenvalue weighted by Gasteiger charge is -2.32. The molecule has 0 heterocycles. The molecule has 1 aliphatic carbocycles.